The number of carboxylic acid groups (broad SMARTS) is 1. The highest BCUT2D eigenvalue weighted by Crippen LogP contribution is 2.09. The molecule has 4 N–H and O–H groups in total. The molecule has 0 radical (unpaired) electrons. The summed E-state index contributed by atoms with van der Waals surface area (Å²) in [6.45, 7) is 3.25. The van der Waals surface area contributed by atoms with Crippen LogP contribution in [-0.4, -0.2) is 65.9 Å². The van der Waals surface area contributed by atoms with Crippen molar-refractivity contribution >= 4 is 12.0 Å². The number of piperidine rings is 1. The van der Waals surface area contributed by atoms with Gasteiger partial charge in [-0.25, -0.2) is 4.79 Å². The first-order valence-corrected chi connectivity index (χ1v) is 6.72. The molecule has 110 valence electrons. The summed E-state index contributed by atoms with van der Waals surface area (Å²) in [5, 5.41) is 23.1. The van der Waals surface area contributed by atoms with Crippen molar-refractivity contribution in [3.05, 3.63) is 0 Å². The number of likely N-dealkylation sites (tertiary alicyclic amines) is 1. The SMILES string of the molecule is O=C(O)CCNC(=O)NCCCN1CCCC(O)C1. The Labute approximate surface area is 113 Å². The minimum atomic E-state index is -0.927. The molecule has 1 aliphatic heterocycles. The number of carbonyl (C=O) groups excluding carboxylic acids is 1. The lowest BCUT2D eigenvalue weighted by Gasteiger charge is -2.29. The van der Waals surface area contributed by atoms with Gasteiger partial charge in [-0.05, 0) is 32.4 Å². The third-order valence-corrected chi connectivity index (χ3v) is 3.04. The van der Waals surface area contributed by atoms with Crippen LogP contribution in [0, 0.1) is 0 Å². The summed E-state index contributed by atoms with van der Waals surface area (Å²) < 4.78 is 0. The van der Waals surface area contributed by atoms with Crippen LogP contribution in [0.2, 0.25) is 0 Å². The van der Waals surface area contributed by atoms with Gasteiger partial charge in [-0.3, -0.25) is 4.79 Å². The van der Waals surface area contributed by atoms with Crippen LogP contribution in [0.1, 0.15) is 25.7 Å². The Morgan fingerprint density at radius 3 is 2.68 bits per heavy atom. The van der Waals surface area contributed by atoms with Crippen molar-refractivity contribution in [2.24, 2.45) is 0 Å². The largest absolute Gasteiger partial charge is 0.481 e. The minimum absolute atomic E-state index is 0.0704. The highest BCUT2D eigenvalue weighted by Gasteiger charge is 2.16. The van der Waals surface area contributed by atoms with E-state index < -0.39 is 5.97 Å². The molecule has 1 saturated heterocycles. The number of amides is 2. The van der Waals surface area contributed by atoms with Crippen molar-refractivity contribution < 1.29 is 19.8 Å². The zero-order valence-electron chi connectivity index (χ0n) is 11.1. The lowest BCUT2D eigenvalue weighted by Crippen LogP contribution is -2.41. The molecule has 0 aromatic carbocycles. The van der Waals surface area contributed by atoms with Gasteiger partial charge in [-0.1, -0.05) is 0 Å². The van der Waals surface area contributed by atoms with Crippen LogP contribution in [-0.2, 0) is 4.79 Å². The topological polar surface area (TPSA) is 102 Å². The summed E-state index contributed by atoms with van der Waals surface area (Å²) in [5.74, 6) is -0.927. The average molecular weight is 273 g/mol. The quantitative estimate of drug-likeness (QED) is 0.473. The van der Waals surface area contributed by atoms with Gasteiger partial charge in [0.1, 0.15) is 0 Å². The van der Waals surface area contributed by atoms with Gasteiger partial charge in [0, 0.05) is 19.6 Å². The number of nitrogens with zero attached hydrogens (tertiary/aromatic N) is 1. The normalized spacial score (nSPS) is 19.9. The van der Waals surface area contributed by atoms with Crippen LogP contribution >= 0.6 is 0 Å². The molecule has 0 aromatic heterocycles. The van der Waals surface area contributed by atoms with Crippen molar-refractivity contribution in [2.45, 2.75) is 31.8 Å². The standard InChI is InChI=1S/C12H23N3O4/c16-10-3-1-7-15(9-10)8-2-5-13-12(19)14-6-4-11(17)18/h10,16H,1-9H2,(H,17,18)(H2,13,14,19). The molecular weight excluding hydrogens is 250 g/mol. The first-order valence-electron chi connectivity index (χ1n) is 6.72. The van der Waals surface area contributed by atoms with Crippen molar-refractivity contribution in [1.82, 2.24) is 15.5 Å². The molecule has 1 heterocycles. The highest BCUT2D eigenvalue weighted by molar-refractivity contribution is 5.74. The maximum Gasteiger partial charge on any atom is 0.314 e. The molecule has 2 amide bonds. The predicted octanol–water partition coefficient (Wildman–Crippen LogP) is -0.393. The number of hydrogen-bond acceptors (Lipinski definition) is 4. The number of aliphatic carboxylic acids is 1. The highest BCUT2D eigenvalue weighted by atomic mass is 16.4. The lowest BCUT2D eigenvalue weighted by molar-refractivity contribution is -0.136. The van der Waals surface area contributed by atoms with Crippen molar-refractivity contribution in [2.75, 3.05) is 32.7 Å². The van der Waals surface area contributed by atoms with E-state index in [2.05, 4.69) is 15.5 Å². The second kappa shape index (κ2) is 8.71. The van der Waals surface area contributed by atoms with Crippen LogP contribution in [0.4, 0.5) is 4.79 Å². The van der Waals surface area contributed by atoms with Gasteiger partial charge in [0.05, 0.1) is 12.5 Å². The minimum Gasteiger partial charge on any atom is -0.481 e. The summed E-state index contributed by atoms with van der Waals surface area (Å²) in [7, 11) is 0. The zero-order chi connectivity index (χ0) is 14.1. The lowest BCUT2D eigenvalue weighted by atomic mass is 10.1. The van der Waals surface area contributed by atoms with Gasteiger partial charge < -0.3 is 25.7 Å². The number of aliphatic hydroxyl groups is 1. The number of carbonyl (C=O) groups is 2. The molecule has 7 heteroatoms. The average Bonchev–Trinajstić information content (AvgIpc) is 2.34. The fourth-order valence-electron chi connectivity index (χ4n) is 2.08. The molecule has 1 aliphatic rings. The number of carboxylic acids is 1. The molecular formula is C12H23N3O4. The van der Waals surface area contributed by atoms with Gasteiger partial charge in [0.15, 0.2) is 0 Å². The Morgan fingerprint density at radius 1 is 1.26 bits per heavy atom. The van der Waals surface area contributed by atoms with E-state index in [1.165, 1.54) is 0 Å². The van der Waals surface area contributed by atoms with E-state index >= 15 is 0 Å². The molecule has 0 spiro atoms. The number of urea groups is 1. The van der Waals surface area contributed by atoms with Gasteiger partial charge in [-0.2, -0.15) is 0 Å². The molecule has 0 aliphatic carbocycles. The maximum atomic E-state index is 11.3. The number of β-amino-alcohol motifs (C(OH)–C–C–N with tert-alkyl or cyclic N) is 1. The third-order valence-electron chi connectivity index (χ3n) is 3.04. The molecule has 7 nitrogen and oxygen atoms in total. The Kier molecular flexibility index (Phi) is 7.20. The number of aliphatic hydroxyl groups excluding tert-OH is 1. The molecule has 1 fully saturated rings. The Bertz CT molecular complexity index is 299. The summed E-state index contributed by atoms with van der Waals surface area (Å²) in [4.78, 5) is 23.7. The summed E-state index contributed by atoms with van der Waals surface area (Å²) in [6, 6.07) is -0.333. The van der Waals surface area contributed by atoms with Crippen LogP contribution in [0.3, 0.4) is 0 Å². The molecule has 0 aromatic rings. The van der Waals surface area contributed by atoms with Crippen molar-refractivity contribution in [1.29, 1.82) is 0 Å². The Hall–Kier alpha value is -1.34. The van der Waals surface area contributed by atoms with E-state index in [0.29, 0.717) is 13.1 Å². The summed E-state index contributed by atoms with van der Waals surface area (Å²) in [6.07, 6.45) is 2.42. The van der Waals surface area contributed by atoms with Gasteiger partial charge >= 0.3 is 12.0 Å². The van der Waals surface area contributed by atoms with Crippen LogP contribution in [0.15, 0.2) is 0 Å². The Morgan fingerprint density at radius 2 is 2.00 bits per heavy atom. The monoisotopic (exact) mass is 273 g/mol. The van der Waals surface area contributed by atoms with Crippen molar-refractivity contribution in [3.8, 4) is 0 Å². The summed E-state index contributed by atoms with van der Waals surface area (Å²) >= 11 is 0. The van der Waals surface area contributed by atoms with Gasteiger partial charge in [0.2, 0.25) is 0 Å². The second-order valence-electron chi connectivity index (χ2n) is 4.78. The van der Waals surface area contributed by atoms with E-state index in [9.17, 15) is 14.7 Å². The number of rotatable bonds is 7. The number of hydrogen-bond donors (Lipinski definition) is 4. The van der Waals surface area contributed by atoms with E-state index in [4.69, 9.17) is 5.11 Å². The molecule has 1 unspecified atom stereocenters. The Balaban J connectivity index is 1.97. The first kappa shape index (κ1) is 15.7. The third kappa shape index (κ3) is 7.63. The van der Waals surface area contributed by atoms with Crippen molar-refractivity contribution in [3.63, 3.8) is 0 Å². The second-order valence-corrected chi connectivity index (χ2v) is 4.78. The van der Waals surface area contributed by atoms with Crippen LogP contribution in [0.25, 0.3) is 0 Å². The van der Waals surface area contributed by atoms with E-state index in [-0.39, 0.29) is 25.1 Å². The van der Waals surface area contributed by atoms with Crippen LogP contribution in [0.5, 0.6) is 0 Å². The fraction of sp³-hybridized carbons (Fsp3) is 0.833. The molecule has 0 bridgehead atoms. The van der Waals surface area contributed by atoms with Gasteiger partial charge in [0.25, 0.3) is 0 Å². The maximum absolute atomic E-state index is 11.3. The van der Waals surface area contributed by atoms with E-state index in [1.807, 2.05) is 0 Å². The van der Waals surface area contributed by atoms with Crippen LogP contribution < -0.4 is 10.6 Å². The fourth-order valence-corrected chi connectivity index (χ4v) is 2.08. The molecule has 0 saturated carbocycles. The van der Waals surface area contributed by atoms with E-state index in [0.717, 1.165) is 32.4 Å². The van der Waals surface area contributed by atoms with E-state index in [1.54, 1.807) is 0 Å². The molecule has 19 heavy (non-hydrogen) atoms. The number of nitrogens with one attached hydrogen (secondary N) is 2. The predicted molar refractivity (Wildman–Crippen MR) is 70.0 cm³/mol. The molecule has 1 rings (SSSR count). The first-order chi connectivity index (χ1) is 9.08. The van der Waals surface area contributed by atoms with Gasteiger partial charge in [-0.15, -0.1) is 0 Å². The zero-order valence-corrected chi connectivity index (χ0v) is 11.1. The molecule has 1 atom stereocenters. The smallest absolute Gasteiger partial charge is 0.314 e. The summed E-state index contributed by atoms with van der Waals surface area (Å²) in [5.41, 5.74) is 0.